The quantitative estimate of drug-likeness (QED) is 0.566. The van der Waals surface area contributed by atoms with E-state index in [-0.39, 0.29) is 36.6 Å². The van der Waals surface area contributed by atoms with Gasteiger partial charge in [-0.1, -0.05) is 0 Å². The van der Waals surface area contributed by atoms with Crippen molar-refractivity contribution in [3.05, 3.63) is 0 Å². The number of hydrogen-bond acceptors (Lipinski definition) is 4. The molecule has 2 heterocycles. The molecule has 6 heteroatoms. The van der Waals surface area contributed by atoms with E-state index in [4.69, 9.17) is 5.26 Å². The van der Waals surface area contributed by atoms with Crippen molar-refractivity contribution in [3.8, 4) is 6.07 Å². The molecule has 2 saturated heterocycles. The highest BCUT2D eigenvalue weighted by molar-refractivity contribution is 6.05. The third kappa shape index (κ3) is 1.78. The van der Waals surface area contributed by atoms with Gasteiger partial charge in [0.2, 0.25) is 17.7 Å². The number of amides is 3. The molecule has 17 heavy (non-hydrogen) atoms. The molecule has 0 N–H and O–H groups in total. The van der Waals surface area contributed by atoms with Gasteiger partial charge in [0.05, 0.1) is 17.9 Å². The monoisotopic (exact) mass is 235 g/mol. The largest absolute Gasteiger partial charge is 0.341 e. The number of likely N-dealkylation sites (tertiary alicyclic amines) is 2. The summed E-state index contributed by atoms with van der Waals surface area (Å²) in [6, 6.07) is 1.80. The molecule has 2 aliphatic heterocycles. The van der Waals surface area contributed by atoms with E-state index in [9.17, 15) is 14.4 Å². The molecule has 0 spiro atoms. The molecule has 3 amide bonds. The molecule has 2 fully saturated rings. The summed E-state index contributed by atoms with van der Waals surface area (Å²) in [5.41, 5.74) is 0. The molecule has 6 nitrogen and oxygen atoms in total. The van der Waals surface area contributed by atoms with Crippen LogP contribution in [0.4, 0.5) is 0 Å². The summed E-state index contributed by atoms with van der Waals surface area (Å²) in [7, 11) is 1.48. The van der Waals surface area contributed by atoms with Gasteiger partial charge in [-0.3, -0.25) is 19.3 Å². The second kappa shape index (κ2) is 4.17. The van der Waals surface area contributed by atoms with Crippen LogP contribution in [-0.4, -0.2) is 47.7 Å². The Morgan fingerprint density at radius 1 is 1.41 bits per heavy atom. The number of piperidine rings is 1. The van der Waals surface area contributed by atoms with Crippen molar-refractivity contribution in [3.63, 3.8) is 0 Å². The molecule has 0 aromatic heterocycles. The standard InChI is InChI=1S/C11H13N3O3/c1-13-10(16)7-3-5-14(9(15)2-4-12)6-8(7)11(13)17/h7-8H,2-3,5-6H2,1H3/t7-,8-/m0/s1. The van der Waals surface area contributed by atoms with Crippen LogP contribution in [-0.2, 0) is 14.4 Å². The first kappa shape index (κ1) is 11.6. The van der Waals surface area contributed by atoms with Gasteiger partial charge in [0, 0.05) is 20.1 Å². The molecule has 2 rings (SSSR count). The first-order valence-electron chi connectivity index (χ1n) is 5.52. The predicted octanol–water partition coefficient (Wildman–Crippen LogP) is -0.637. The fourth-order valence-corrected chi connectivity index (χ4v) is 2.51. The topological polar surface area (TPSA) is 81.5 Å². The predicted molar refractivity (Wildman–Crippen MR) is 56.2 cm³/mol. The highest BCUT2D eigenvalue weighted by atomic mass is 16.2. The summed E-state index contributed by atoms with van der Waals surface area (Å²) in [5.74, 6) is -1.31. The molecule has 2 atom stereocenters. The molecule has 0 unspecified atom stereocenters. The first-order chi connectivity index (χ1) is 8.06. The van der Waals surface area contributed by atoms with Crippen LogP contribution in [0.25, 0.3) is 0 Å². The van der Waals surface area contributed by atoms with Crippen molar-refractivity contribution in [1.29, 1.82) is 5.26 Å². The highest BCUT2D eigenvalue weighted by Crippen LogP contribution is 2.32. The van der Waals surface area contributed by atoms with Gasteiger partial charge in [0.15, 0.2) is 0 Å². The molecular formula is C11H13N3O3. The molecular weight excluding hydrogens is 222 g/mol. The van der Waals surface area contributed by atoms with Crippen molar-refractivity contribution in [2.45, 2.75) is 12.8 Å². The third-order valence-corrected chi connectivity index (χ3v) is 3.49. The lowest BCUT2D eigenvalue weighted by atomic mass is 9.87. The lowest BCUT2D eigenvalue weighted by molar-refractivity contribution is -0.138. The maximum atomic E-state index is 11.8. The Bertz CT molecular complexity index is 426. The molecule has 0 bridgehead atoms. The maximum absolute atomic E-state index is 11.8. The first-order valence-corrected chi connectivity index (χ1v) is 5.52. The van der Waals surface area contributed by atoms with Crippen LogP contribution < -0.4 is 0 Å². The summed E-state index contributed by atoms with van der Waals surface area (Å²) in [6.07, 6.45) is 0.339. The Labute approximate surface area is 98.8 Å². The van der Waals surface area contributed by atoms with Gasteiger partial charge in [0.1, 0.15) is 6.42 Å². The zero-order chi connectivity index (χ0) is 12.6. The molecule has 0 saturated carbocycles. The van der Waals surface area contributed by atoms with E-state index < -0.39 is 5.92 Å². The average molecular weight is 235 g/mol. The van der Waals surface area contributed by atoms with Crippen LogP contribution >= 0.6 is 0 Å². The van der Waals surface area contributed by atoms with E-state index in [0.29, 0.717) is 13.0 Å². The summed E-state index contributed by atoms with van der Waals surface area (Å²) in [4.78, 5) is 37.7. The zero-order valence-electron chi connectivity index (χ0n) is 9.55. The van der Waals surface area contributed by atoms with Gasteiger partial charge in [-0.25, -0.2) is 0 Å². The molecule has 0 aliphatic carbocycles. The van der Waals surface area contributed by atoms with Gasteiger partial charge in [-0.2, -0.15) is 5.26 Å². The number of carbonyl (C=O) groups excluding carboxylic acids is 3. The van der Waals surface area contributed by atoms with Crippen molar-refractivity contribution < 1.29 is 14.4 Å². The van der Waals surface area contributed by atoms with E-state index in [1.54, 1.807) is 6.07 Å². The Morgan fingerprint density at radius 2 is 2.06 bits per heavy atom. The smallest absolute Gasteiger partial charge is 0.236 e. The van der Waals surface area contributed by atoms with E-state index in [1.807, 2.05) is 0 Å². The second-order valence-electron chi connectivity index (χ2n) is 4.41. The minimum absolute atomic E-state index is 0.146. The highest BCUT2D eigenvalue weighted by Gasteiger charge is 2.48. The number of imide groups is 1. The van der Waals surface area contributed by atoms with E-state index in [1.165, 1.54) is 11.9 Å². The number of nitriles is 1. The summed E-state index contributed by atoms with van der Waals surface area (Å²) >= 11 is 0. The fourth-order valence-electron chi connectivity index (χ4n) is 2.51. The molecule has 0 aromatic carbocycles. The van der Waals surface area contributed by atoms with Gasteiger partial charge in [0.25, 0.3) is 0 Å². The van der Waals surface area contributed by atoms with Crippen molar-refractivity contribution in [2.24, 2.45) is 11.8 Å². The van der Waals surface area contributed by atoms with E-state index in [0.717, 1.165) is 4.90 Å². The Hall–Kier alpha value is -1.90. The van der Waals surface area contributed by atoms with Crippen LogP contribution in [0, 0.1) is 23.2 Å². The van der Waals surface area contributed by atoms with E-state index >= 15 is 0 Å². The lowest BCUT2D eigenvalue weighted by Crippen LogP contribution is -2.44. The molecule has 0 aromatic rings. The van der Waals surface area contributed by atoms with Crippen LogP contribution in [0.15, 0.2) is 0 Å². The number of nitrogens with zero attached hydrogens (tertiary/aromatic N) is 3. The summed E-state index contributed by atoms with van der Waals surface area (Å²) < 4.78 is 0. The zero-order valence-corrected chi connectivity index (χ0v) is 9.55. The van der Waals surface area contributed by atoms with Gasteiger partial charge >= 0.3 is 0 Å². The minimum atomic E-state index is -0.413. The normalized spacial score (nSPS) is 28.0. The lowest BCUT2D eigenvalue weighted by Gasteiger charge is -2.31. The minimum Gasteiger partial charge on any atom is -0.341 e. The Kier molecular flexibility index (Phi) is 2.84. The van der Waals surface area contributed by atoms with Gasteiger partial charge < -0.3 is 4.90 Å². The SMILES string of the molecule is CN1C(=O)[C@H]2CCN(C(=O)CC#N)C[C@@H]2C1=O. The van der Waals surface area contributed by atoms with E-state index in [2.05, 4.69) is 0 Å². The number of rotatable bonds is 1. The Morgan fingerprint density at radius 3 is 2.71 bits per heavy atom. The van der Waals surface area contributed by atoms with Crippen LogP contribution in [0.2, 0.25) is 0 Å². The van der Waals surface area contributed by atoms with Crippen LogP contribution in [0.5, 0.6) is 0 Å². The Balaban J connectivity index is 2.10. The van der Waals surface area contributed by atoms with Crippen molar-refractivity contribution in [1.82, 2.24) is 9.80 Å². The van der Waals surface area contributed by atoms with Gasteiger partial charge in [-0.05, 0) is 6.42 Å². The molecule has 90 valence electrons. The van der Waals surface area contributed by atoms with Crippen molar-refractivity contribution in [2.75, 3.05) is 20.1 Å². The summed E-state index contributed by atoms with van der Waals surface area (Å²) in [6.45, 7) is 0.717. The molecule has 0 radical (unpaired) electrons. The average Bonchev–Trinajstić information content (AvgIpc) is 2.55. The van der Waals surface area contributed by atoms with Crippen molar-refractivity contribution >= 4 is 17.7 Å². The second-order valence-corrected chi connectivity index (χ2v) is 4.41. The third-order valence-electron chi connectivity index (χ3n) is 3.49. The maximum Gasteiger partial charge on any atom is 0.236 e. The number of hydrogen-bond donors (Lipinski definition) is 0. The van der Waals surface area contributed by atoms with Crippen LogP contribution in [0.1, 0.15) is 12.8 Å². The molecule has 2 aliphatic rings. The van der Waals surface area contributed by atoms with Crippen LogP contribution in [0.3, 0.4) is 0 Å². The summed E-state index contributed by atoms with van der Waals surface area (Å²) in [5, 5.41) is 8.46. The fraction of sp³-hybridized carbons (Fsp3) is 0.636. The number of fused-ring (bicyclic) bond motifs is 1. The number of carbonyl (C=O) groups is 3. The van der Waals surface area contributed by atoms with Gasteiger partial charge in [-0.15, -0.1) is 0 Å².